The van der Waals surface area contributed by atoms with E-state index in [9.17, 15) is 0 Å². The van der Waals surface area contributed by atoms with Crippen LogP contribution in [0.1, 0.15) is 121 Å². The molecule has 0 amide bonds. The van der Waals surface area contributed by atoms with Gasteiger partial charge in [-0.2, -0.15) is 0 Å². The number of benzene rings is 2. The van der Waals surface area contributed by atoms with Crippen LogP contribution in [-0.4, -0.2) is 5.60 Å². The molecule has 2 aromatic carbocycles. The zero-order valence-electron chi connectivity index (χ0n) is 25.3. The largest absolute Gasteiger partial charge is 0.488 e. The van der Waals surface area contributed by atoms with E-state index in [1.807, 2.05) is 6.07 Å². The van der Waals surface area contributed by atoms with E-state index in [1.54, 1.807) is 0 Å². The maximum absolute atomic E-state index is 6.78. The van der Waals surface area contributed by atoms with Crippen molar-refractivity contribution in [3.63, 3.8) is 0 Å². The van der Waals surface area contributed by atoms with Gasteiger partial charge in [0.05, 0.1) is 4.47 Å². The van der Waals surface area contributed by atoms with Crippen LogP contribution in [-0.2, 0) is 13.0 Å². The monoisotopic (exact) mass is 584 g/mol. The molecule has 0 aromatic heterocycles. The summed E-state index contributed by atoms with van der Waals surface area (Å²) in [5, 5.41) is 0. The van der Waals surface area contributed by atoms with Crippen molar-refractivity contribution in [3.05, 3.63) is 57.1 Å². The van der Waals surface area contributed by atoms with Gasteiger partial charge in [-0.15, -0.1) is 0 Å². The first kappa shape index (κ1) is 31.1. The highest BCUT2D eigenvalue weighted by molar-refractivity contribution is 9.10. The van der Waals surface area contributed by atoms with Crippen LogP contribution in [0.3, 0.4) is 0 Å². The van der Waals surface area contributed by atoms with Crippen molar-refractivity contribution in [2.45, 2.75) is 131 Å². The van der Waals surface area contributed by atoms with Gasteiger partial charge in [-0.3, -0.25) is 0 Å². The van der Waals surface area contributed by atoms with Crippen LogP contribution in [0, 0.1) is 31.6 Å². The molecule has 3 heteroatoms. The second-order valence-corrected chi connectivity index (χ2v) is 13.7. The second-order valence-electron chi connectivity index (χ2n) is 12.9. The molecule has 1 aliphatic rings. The predicted molar refractivity (Wildman–Crippen MR) is 166 cm³/mol. The Bertz CT molecular complexity index is 999. The van der Waals surface area contributed by atoms with Gasteiger partial charge in [-0.25, -0.2) is 0 Å². The smallest absolute Gasteiger partial charge is 0.138 e. The van der Waals surface area contributed by atoms with E-state index in [4.69, 9.17) is 9.47 Å². The van der Waals surface area contributed by atoms with Crippen LogP contribution >= 0.6 is 15.9 Å². The van der Waals surface area contributed by atoms with E-state index >= 15 is 0 Å². The normalized spacial score (nSPS) is 18.7. The lowest BCUT2D eigenvalue weighted by Gasteiger charge is -2.38. The highest BCUT2D eigenvalue weighted by Crippen LogP contribution is 2.47. The molecule has 2 nitrogen and oxygen atoms in total. The van der Waals surface area contributed by atoms with Crippen molar-refractivity contribution in [2.24, 2.45) is 17.8 Å². The lowest BCUT2D eigenvalue weighted by molar-refractivity contribution is 0.0510. The SMILES string of the molecule is Cc1c(Br)c2c(c(C)c1OCc1ccccc1)CCC(C)(CCCC(C)CCCC(C)CCCC(C)C)O2. The number of fused-ring (bicyclic) bond motifs is 1. The summed E-state index contributed by atoms with van der Waals surface area (Å²) in [5.74, 6) is 4.56. The highest BCUT2D eigenvalue weighted by atomic mass is 79.9. The number of hydrogen-bond donors (Lipinski definition) is 0. The van der Waals surface area contributed by atoms with Gasteiger partial charge in [-0.05, 0) is 91.3 Å². The van der Waals surface area contributed by atoms with E-state index in [1.165, 1.54) is 68.1 Å². The minimum Gasteiger partial charge on any atom is -0.488 e. The highest BCUT2D eigenvalue weighted by Gasteiger charge is 2.35. The fraction of sp³-hybridized carbons (Fsp3) is 0.657. The second kappa shape index (κ2) is 14.8. The zero-order valence-corrected chi connectivity index (χ0v) is 26.9. The Kier molecular flexibility index (Phi) is 12.1. The first-order valence-electron chi connectivity index (χ1n) is 15.3. The minimum absolute atomic E-state index is 0.0918. The average molecular weight is 586 g/mol. The Morgan fingerprint density at radius 1 is 0.868 bits per heavy atom. The first-order chi connectivity index (χ1) is 18.1. The van der Waals surface area contributed by atoms with Crippen molar-refractivity contribution >= 4 is 15.9 Å². The van der Waals surface area contributed by atoms with Gasteiger partial charge >= 0.3 is 0 Å². The fourth-order valence-corrected chi connectivity index (χ4v) is 6.51. The molecule has 3 atom stereocenters. The third-order valence-electron chi connectivity index (χ3n) is 8.69. The summed E-state index contributed by atoms with van der Waals surface area (Å²) in [5.41, 5.74) is 4.76. The Hall–Kier alpha value is -1.48. The third-order valence-corrected chi connectivity index (χ3v) is 9.64. The molecule has 2 aromatic rings. The molecule has 0 aliphatic carbocycles. The van der Waals surface area contributed by atoms with Crippen LogP contribution in [0.15, 0.2) is 34.8 Å². The number of hydrogen-bond acceptors (Lipinski definition) is 2. The van der Waals surface area contributed by atoms with Gasteiger partial charge in [-0.1, -0.05) is 103 Å². The van der Waals surface area contributed by atoms with Gasteiger partial charge in [0.1, 0.15) is 23.7 Å². The van der Waals surface area contributed by atoms with Crippen molar-refractivity contribution in [2.75, 3.05) is 0 Å². The number of rotatable bonds is 15. The molecule has 0 bridgehead atoms. The summed E-state index contributed by atoms with van der Waals surface area (Å²) in [6, 6.07) is 10.4. The van der Waals surface area contributed by atoms with Crippen LogP contribution in [0.5, 0.6) is 11.5 Å². The van der Waals surface area contributed by atoms with Crippen molar-refractivity contribution in [1.29, 1.82) is 0 Å². The zero-order chi connectivity index (χ0) is 27.7. The van der Waals surface area contributed by atoms with Crippen LogP contribution in [0.4, 0.5) is 0 Å². The molecule has 0 saturated carbocycles. The average Bonchev–Trinajstić information content (AvgIpc) is 2.87. The van der Waals surface area contributed by atoms with Crippen LogP contribution in [0.2, 0.25) is 0 Å². The molecule has 38 heavy (non-hydrogen) atoms. The molecule has 1 heterocycles. The molecule has 3 rings (SSSR count). The van der Waals surface area contributed by atoms with Gasteiger partial charge in [0, 0.05) is 11.1 Å². The molecule has 1 aliphatic heterocycles. The third kappa shape index (κ3) is 9.04. The Balaban J connectivity index is 1.48. The molecular formula is C35H53BrO2. The van der Waals surface area contributed by atoms with Gasteiger partial charge in [0.15, 0.2) is 0 Å². The standard InChI is InChI=1S/C35H53BrO2/c1-25(2)14-11-15-26(3)16-12-17-27(4)18-13-22-35(7)23-21-31-28(5)33(29(6)32(36)34(31)38-35)37-24-30-19-9-8-10-20-30/h8-10,19-20,25-27H,11-18,21-24H2,1-7H3. The summed E-state index contributed by atoms with van der Waals surface area (Å²) < 4.78 is 14.2. The van der Waals surface area contributed by atoms with E-state index in [0.29, 0.717) is 6.61 Å². The Labute approximate surface area is 242 Å². The Morgan fingerprint density at radius 2 is 1.47 bits per heavy atom. The summed E-state index contributed by atoms with van der Waals surface area (Å²) in [4.78, 5) is 0. The maximum atomic E-state index is 6.78. The van der Waals surface area contributed by atoms with Gasteiger partial charge in [0.25, 0.3) is 0 Å². The molecule has 0 saturated heterocycles. The van der Waals surface area contributed by atoms with Crippen molar-refractivity contribution < 1.29 is 9.47 Å². The quantitative estimate of drug-likeness (QED) is 0.207. The van der Waals surface area contributed by atoms with E-state index in [0.717, 1.165) is 58.6 Å². The molecule has 0 spiro atoms. The maximum Gasteiger partial charge on any atom is 0.138 e. The fourth-order valence-electron chi connectivity index (χ4n) is 6.01. The molecule has 0 radical (unpaired) electrons. The van der Waals surface area contributed by atoms with Crippen molar-refractivity contribution in [3.8, 4) is 11.5 Å². The number of halogens is 1. The molecule has 3 unspecified atom stereocenters. The van der Waals surface area contributed by atoms with Crippen molar-refractivity contribution in [1.82, 2.24) is 0 Å². The van der Waals surface area contributed by atoms with Gasteiger partial charge < -0.3 is 9.47 Å². The molecule has 0 N–H and O–H groups in total. The summed E-state index contributed by atoms with van der Waals surface area (Å²) in [7, 11) is 0. The molecule has 0 fully saturated rings. The summed E-state index contributed by atoms with van der Waals surface area (Å²) in [6.45, 7) is 16.8. The molecular weight excluding hydrogens is 532 g/mol. The number of ether oxygens (including phenoxy) is 2. The lowest BCUT2D eigenvalue weighted by atomic mass is 9.85. The topological polar surface area (TPSA) is 18.5 Å². The van der Waals surface area contributed by atoms with E-state index in [2.05, 4.69) is 88.7 Å². The Morgan fingerprint density at radius 3 is 2.11 bits per heavy atom. The van der Waals surface area contributed by atoms with Gasteiger partial charge in [0.2, 0.25) is 0 Å². The predicted octanol–water partition coefficient (Wildman–Crippen LogP) is 11.2. The lowest BCUT2D eigenvalue weighted by Crippen LogP contribution is -2.37. The van der Waals surface area contributed by atoms with E-state index in [-0.39, 0.29) is 5.60 Å². The molecule has 212 valence electrons. The van der Waals surface area contributed by atoms with E-state index < -0.39 is 0 Å². The summed E-state index contributed by atoms with van der Waals surface area (Å²) in [6.07, 6.45) is 14.1. The summed E-state index contributed by atoms with van der Waals surface area (Å²) >= 11 is 3.88. The van der Waals surface area contributed by atoms with Crippen LogP contribution in [0.25, 0.3) is 0 Å². The minimum atomic E-state index is -0.0918. The first-order valence-corrected chi connectivity index (χ1v) is 16.1. The van der Waals surface area contributed by atoms with Crippen LogP contribution < -0.4 is 9.47 Å².